The number of carbonyl (C=O) groups excluding carboxylic acids is 1. The molecule has 0 aromatic heterocycles. The van der Waals surface area contributed by atoms with Crippen molar-refractivity contribution < 1.29 is 9.53 Å². The molecule has 4 heteroatoms. The Morgan fingerprint density at radius 1 is 1.37 bits per heavy atom. The minimum atomic E-state index is -0.408. The van der Waals surface area contributed by atoms with Crippen LogP contribution in [0.1, 0.15) is 48.0 Å². The number of likely N-dealkylation sites (tertiary alicyclic amines) is 1. The molecule has 1 rings (SSSR count). The highest BCUT2D eigenvalue weighted by Gasteiger charge is 2.29. The molecule has 0 spiro atoms. The van der Waals surface area contributed by atoms with E-state index in [9.17, 15) is 4.79 Å². The molecule has 1 heterocycles. The zero-order chi connectivity index (χ0) is 14.6. The van der Waals surface area contributed by atoms with Crippen LogP contribution in [-0.4, -0.2) is 42.3 Å². The standard InChI is InChI=1S/C15H30N2O2/c1-11(2)12(3)9-16-13-7-8-17(10-13)14(18)19-15(4,5)6/h11-13,16H,7-10H2,1-6H3. The van der Waals surface area contributed by atoms with Crippen LogP contribution in [0.2, 0.25) is 0 Å². The highest BCUT2D eigenvalue weighted by Crippen LogP contribution is 2.16. The van der Waals surface area contributed by atoms with Crippen molar-refractivity contribution in [3.8, 4) is 0 Å². The van der Waals surface area contributed by atoms with E-state index in [0.29, 0.717) is 17.9 Å². The van der Waals surface area contributed by atoms with Crippen molar-refractivity contribution in [1.82, 2.24) is 10.2 Å². The lowest BCUT2D eigenvalue weighted by Gasteiger charge is -2.25. The van der Waals surface area contributed by atoms with Crippen LogP contribution in [0.25, 0.3) is 0 Å². The zero-order valence-electron chi connectivity index (χ0n) is 13.3. The quantitative estimate of drug-likeness (QED) is 0.854. The Balaban J connectivity index is 2.31. The molecule has 1 aliphatic heterocycles. The van der Waals surface area contributed by atoms with Crippen molar-refractivity contribution in [1.29, 1.82) is 0 Å². The average Bonchev–Trinajstić information content (AvgIpc) is 2.71. The summed E-state index contributed by atoms with van der Waals surface area (Å²) in [6.07, 6.45) is 0.832. The molecular formula is C15H30N2O2. The summed E-state index contributed by atoms with van der Waals surface area (Å²) in [4.78, 5) is 13.7. The molecule has 0 radical (unpaired) electrons. The van der Waals surface area contributed by atoms with Gasteiger partial charge in [0.05, 0.1) is 0 Å². The average molecular weight is 270 g/mol. The maximum atomic E-state index is 11.9. The Labute approximate surface area is 117 Å². The van der Waals surface area contributed by atoms with E-state index in [2.05, 4.69) is 26.1 Å². The van der Waals surface area contributed by atoms with Crippen LogP contribution in [0.4, 0.5) is 4.79 Å². The lowest BCUT2D eigenvalue weighted by molar-refractivity contribution is 0.0291. The van der Waals surface area contributed by atoms with Crippen LogP contribution < -0.4 is 5.32 Å². The summed E-state index contributed by atoms with van der Waals surface area (Å²) in [5.41, 5.74) is -0.408. The molecule has 19 heavy (non-hydrogen) atoms. The zero-order valence-corrected chi connectivity index (χ0v) is 13.3. The maximum absolute atomic E-state index is 11.9. The fourth-order valence-corrected chi connectivity index (χ4v) is 2.01. The maximum Gasteiger partial charge on any atom is 0.410 e. The molecule has 1 fully saturated rings. The Hall–Kier alpha value is -0.770. The number of nitrogens with one attached hydrogen (secondary N) is 1. The van der Waals surface area contributed by atoms with E-state index in [1.54, 1.807) is 0 Å². The van der Waals surface area contributed by atoms with Crippen molar-refractivity contribution in [2.24, 2.45) is 11.8 Å². The van der Waals surface area contributed by atoms with Crippen molar-refractivity contribution >= 4 is 6.09 Å². The first-order valence-corrected chi connectivity index (χ1v) is 7.40. The second-order valence-corrected chi connectivity index (χ2v) is 7.04. The summed E-state index contributed by atoms with van der Waals surface area (Å²) >= 11 is 0. The summed E-state index contributed by atoms with van der Waals surface area (Å²) in [5.74, 6) is 1.35. The highest BCUT2D eigenvalue weighted by atomic mass is 16.6. The summed E-state index contributed by atoms with van der Waals surface area (Å²) in [6.45, 7) is 15.0. The molecule has 2 atom stereocenters. The Morgan fingerprint density at radius 3 is 2.53 bits per heavy atom. The molecule has 1 amide bonds. The first-order chi connectivity index (χ1) is 8.69. The molecule has 1 aliphatic rings. The summed E-state index contributed by atoms with van der Waals surface area (Å²) in [5, 5.41) is 3.56. The molecule has 4 nitrogen and oxygen atoms in total. The van der Waals surface area contributed by atoms with Gasteiger partial charge in [0.25, 0.3) is 0 Å². The Bertz CT molecular complexity index is 297. The number of rotatable bonds is 4. The van der Waals surface area contributed by atoms with E-state index < -0.39 is 5.60 Å². The van der Waals surface area contributed by atoms with Gasteiger partial charge in [-0.2, -0.15) is 0 Å². The third-order valence-corrected chi connectivity index (χ3v) is 3.71. The van der Waals surface area contributed by atoms with Crippen molar-refractivity contribution in [3.05, 3.63) is 0 Å². The number of nitrogens with zero attached hydrogens (tertiary/aromatic N) is 1. The van der Waals surface area contributed by atoms with Gasteiger partial charge in [-0.15, -0.1) is 0 Å². The van der Waals surface area contributed by atoms with E-state index in [4.69, 9.17) is 4.74 Å². The molecule has 2 unspecified atom stereocenters. The van der Waals surface area contributed by atoms with Crippen molar-refractivity contribution in [2.75, 3.05) is 19.6 Å². The summed E-state index contributed by atoms with van der Waals surface area (Å²) in [6, 6.07) is 0.411. The van der Waals surface area contributed by atoms with Gasteiger partial charge < -0.3 is 15.0 Å². The summed E-state index contributed by atoms with van der Waals surface area (Å²) in [7, 11) is 0. The van der Waals surface area contributed by atoms with Gasteiger partial charge in [0.1, 0.15) is 5.60 Å². The van der Waals surface area contributed by atoms with Crippen molar-refractivity contribution in [3.63, 3.8) is 0 Å². The summed E-state index contributed by atoms with van der Waals surface area (Å²) < 4.78 is 5.39. The normalized spacial score (nSPS) is 21.8. The van der Waals surface area contributed by atoms with Crippen LogP contribution in [0.5, 0.6) is 0 Å². The molecular weight excluding hydrogens is 240 g/mol. The lowest BCUT2D eigenvalue weighted by Crippen LogP contribution is -2.39. The lowest BCUT2D eigenvalue weighted by atomic mass is 9.98. The van der Waals surface area contributed by atoms with Gasteiger partial charge in [-0.3, -0.25) is 0 Å². The topological polar surface area (TPSA) is 41.6 Å². The van der Waals surface area contributed by atoms with Gasteiger partial charge in [-0.05, 0) is 45.6 Å². The van der Waals surface area contributed by atoms with Crippen LogP contribution in [-0.2, 0) is 4.74 Å². The molecule has 1 N–H and O–H groups in total. The second-order valence-electron chi connectivity index (χ2n) is 7.04. The van der Waals surface area contributed by atoms with Crippen LogP contribution in [0, 0.1) is 11.8 Å². The predicted molar refractivity (Wildman–Crippen MR) is 78.2 cm³/mol. The molecule has 112 valence electrons. The van der Waals surface area contributed by atoms with E-state index in [1.807, 2.05) is 25.7 Å². The van der Waals surface area contributed by atoms with Gasteiger partial charge in [0, 0.05) is 19.1 Å². The van der Waals surface area contributed by atoms with Gasteiger partial charge in [-0.25, -0.2) is 4.79 Å². The number of carbonyl (C=O) groups is 1. The van der Waals surface area contributed by atoms with E-state index in [0.717, 1.165) is 26.1 Å². The van der Waals surface area contributed by atoms with Gasteiger partial charge in [0.15, 0.2) is 0 Å². The molecule has 0 aromatic carbocycles. The van der Waals surface area contributed by atoms with Crippen LogP contribution in [0.15, 0.2) is 0 Å². The highest BCUT2D eigenvalue weighted by molar-refractivity contribution is 5.68. The first kappa shape index (κ1) is 16.3. The van der Waals surface area contributed by atoms with E-state index in [-0.39, 0.29) is 6.09 Å². The monoisotopic (exact) mass is 270 g/mol. The third-order valence-electron chi connectivity index (χ3n) is 3.71. The molecule has 0 aliphatic carbocycles. The number of hydrogen-bond donors (Lipinski definition) is 1. The van der Waals surface area contributed by atoms with Gasteiger partial charge >= 0.3 is 6.09 Å². The third kappa shape index (κ3) is 5.81. The fourth-order valence-electron chi connectivity index (χ4n) is 2.01. The van der Waals surface area contributed by atoms with Crippen LogP contribution in [0.3, 0.4) is 0 Å². The minimum Gasteiger partial charge on any atom is -0.444 e. The molecule has 0 aromatic rings. The smallest absolute Gasteiger partial charge is 0.410 e. The van der Waals surface area contributed by atoms with E-state index in [1.165, 1.54) is 0 Å². The van der Waals surface area contributed by atoms with Gasteiger partial charge in [-0.1, -0.05) is 20.8 Å². The molecule has 1 saturated heterocycles. The van der Waals surface area contributed by atoms with Gasteiger partial charge in [0.2, 0.25) is 0 Å². The number of amides is 1. The molecule has 0 saturated carbocycles. The Morgan fingerprint density at radius 2 is 2.00 bits per heavy atom. The second kappa shape index (κ2) is 6.60. The molecule has 0 bridgehead atoms. The number of hydrogen-bond acceptors (Lipinski definition) is 3. The SMILES string of the molecule is CC(C)C(C)CNC1CCN(C(=O)OC(C)(C)C)C1. The van der Waals surface area contributed by atoms with E-state index >= 15 is 0 Å². The largest absolute Gasteiger partial charge is 0.444 e. The van der Waals surface area contributed by atoms with Crippen molar-refractivity contribution in [2.45, 2.75) is 59.6 Å². The minimum absolute atomic E-state index is 0.186. The Kier molecular flexibility index (Phi) is 5.65. The van der Waals surface area contributed by atoms with Crippen LogP contribution >= 0.6 is 0 Å². The fraction of sp³-hybridized carbons (Fsp3) is 0.933. The first-order valence-electron chi connectivity index (χ1n) is 7.40. The number of ether oxygens (including phenoxy) is 1. The predicted octanol–water partition coefficient (Wildman–Crippen LogP) is 2.88.